The molecule has 2 heterocycles. The van der Waals surface area contributed by atoms with Gasteiger partial charge in [-0.15, -0.1) is 0 Å². The second-order valence-electron chi connectivity index (χ2n) is 2.88. The van der Waals surface area contributed by atoms with Crippen molar-refractivity contribution >= 4 is 53.0 Å². The van der Waals surface area contributed by atoms with E-state index in [0.29, 0.717) is 0 Å². The molecule has 0 amide bonds. The Kier molecular flexibility index (Phi) is 3.23. The van der Waals surface area contributed by atoms with Gasteiger partial charge in [-0.3, -0.25) is 3.97 Å². The summed E-state index contributed by atoms with van der Waals surface area (Å²) in [6, 6.07) is 3.93. The van der Waals surface area contributed by atoms with Crippen molar-refractivity contribution in [3.05, 3.63) is 29.0 Å². The van der Waals surface area contributed by atoms with Crippen LogP contribution < -0.4 is 0 Å². The van der Waals surface area contributed by atoms with Gasteiger partial charge in [0.1, 0.15) is 0 Å². The van der Waals surface area contributed by atoms with E-state index in [1.54, 1.807) is 15.3 Å². The van der Waals surface area contributed by atoms with Crippen molar-refractivity contribution < 1.29 is 0 Å². The summed E-state index contributed by atoms with van der Waals surface area (Å²) in [6.45, 7) is 2.13. The van der Waals surface area contributed by atoms with E-state index in [9.17, 15) is 0 Å². The van der Waals surface area contributed by atoms with Gasteiger partial charge >= 0.3 is 0 Å². The van der Waals surface area contributed by atoms with Crippen molar-refractivity contribution in [2.24, 2.45) is 0 Å². The lowest BCUT2D eigenvalue weighted by molar-refractivity contribution is 1.04. The Morgan fingerprint density at radius 2 is 2.43 bits per heavy atom. The highest BCUT2D eigenvalue weighted by Gasteiger charge is 2.10. The molecule has 0 aliphatic heterocycles. The number of aromatic nitrogens is 2. The normalized spacial score (nSPS) is 11.1. The molecule has 2 aromatic heterocycles. The van der Waals surface area contributed by atoms with Gasteiger partial charge in [0, 0.05) is 47.6 Å². The average Bonchev–Trinajstić information content (AvgIpc) is 2.57. The van der Waals surface area contributed by atoms with Gasteiger partial charge in [-0.2, -0.15) is 0 Å². The summed E-state index contributed by atoms with van der Waals surface area (Å²) >= 11 is 8.35. The van der Waals surface area contributed by atoms with E-state index in [1.165, 1.54) is 5.69 Å². The zero-order valence-corrected chi connectivity index (χ0v) is 11.2. The van der Waals surface area contributed by atoms with Gasteiger partial charge in [-0.25, -0.2) is 4.98 Å². The van der Waals surface area contributed by atoms with Crippen molar-refractivity contribution in [1.82, 2.24) is 8.96 Å². The molecule has 5 heteroatoms. The molecule has 0 fully saturated rings. The summed E-state index contributed by atoms with van der Waals surface area (Å²) in [5.74, 6) is 0. The van der Waals surface area contributed by atoms with E-state index in [0.717, 1.165) is 22.5 Å². The van der Waals surface area contributed by atoms with Crippen LogP contribution in [0.2, 0.25) is 5.02 Å². The maximum Gasteiger partial charge on any atom is 0.152 e. The molecule has 74 valence electrons. The highest BCUT2D eigenvalue weighted by molar-refractivity contribution is 14.2. The van der Waals surface area contributed by atoms with Crippen LogP contribution >= 0.6 is 41.9 Å². The van der Waals surface area contributed by atoms with E-state index >= 15 is 0 Å². The molecule has 14 heavy (non-hydrogen) atoms. The summed E-state index contributed by atoms with van der Waals surface area (Å²) in [7, 11) is 1.63. The van der Waals surface area contributed by atoms with Crippen LogP contribution in [0.3, 0.4) is 0 Å². The zero-order valence-electron chi connectivity index (χ0n) is 7.50. The van der Waals surface area contributed by atoms with Crippen molar-refractivity contribution in [1.29, 1.82) is 0 Å². The highest BCUT2D eigenvalue weighted by atomic mass is 127. The lowest BCUT2D eigenvalue weighted by Gasteiger charge is -2.01. The summed E-state index contributed by atoms with van der Waals surface area (Å²) < 4.78 is 2.11. The third-order valence-corrected chi connectivity index (χ3v) is 4.17. The minimum absolute atomic E-state index is 0.772. The number of aryl methyl sites for hydroxylation is 1. The van der Waals surface area contributed by atoms with Crippen LogP contribution in [0.1, 0.15) is 12.6 Å². The van der Waals surface area contributed by atoms with Crippen LogP contribution in [0, 0.1) is 0 Å². The molecule has 0 radical (unpaired) electrons. The number of nitrogens with zero attached hydrogens (tertiary/aromatic N) is 2. The van der Waals surface area contributed by atoms with Crippen molar-refractivity contribution in [2.45, 2.75) is 13.3 Å². The van der Waals surface area contributed by atoms with Crippen molar-refractivity contribution in [3.8, 4) is 0 Å². The molecule has 2 aromatic rings. The predicted octanol–water partition coefficient (Wildman–Crippen LogP) is 4.10. The third kappa shape index (κ3) is 1.63. The van der Waals surface area contributed by atoms with Gasteiger partial charge in [0.05, 0.1) is 5.02 Å². The van der Waals surface area contributed by atoms with Gasteiger partial charge in [0.25, 0.3) is 0 Å². The van der Waals surface area contributed by atoms with Crippen LogP contribution in [0.25, 0.3) is 11.0 Å². The third-order valence-electron chi connectivity index (χ3n) is 2.11. The molecular weight excluding hydrogens is 331 g/mol. The maximum atomic E-state index is 6.09. The van der Waals surface area contributed by atoms with Gasteiger partial charge < -0.3 is 0 Å². The van der Waals surface area contributed by atoms with Gasteiger partial charge in [-0.05, 0) is 18.6 Å². The highest BCUT2D eigenvalue weighted by Crippen LogP contribution is 2.31. The van der Waals surface area contributed by atoms with E-state index in [-0.39, 0.29) is 0 Å². The SMILES string of the molecule is CCc1cc2c(Cl)ccnc2n1SI. The number of fused-ring (bicyclic) bond motifs is 1. The molecule has 0 saturated heterocycles. The Morgan fingerprint density at radius 1 is 1.64 bits per heavy atom. The first-order valence-electron chi connectivity index (χ1n) is 4.21. The lowest BCUT2D eigenvalue weighted by Crippen LogP contribution is -1.90. The van der Waals surface area contributed by atoms with Crippen LogP contribution in [0.4, 0.5) is 0 Å². The smallest absolute Gasteiger partial charge is 0.152 e. The van der Waals surface area contributed by atoms with Gasteiger partial charge in [0.2, 0.25) is 0 Å². The Morgan fingerprint density at radius 3 is 3.07 bits per heavy atom. The van der Waals surface area contributed by atoms with Crippen LogP contribution in [0.15, 0.2) is 18.3 Å². The molecule has 0 atom stereocenters. The molecular formula is C9H8ClIN2S. The van der Waals surface area contributed by atoms with Crippen LogP contribution in [-0.2, 0) is 6.42 Å². The number of hydrogen-bond donors (Lipinski definition) is 0. The van der Waals surface area contributed by atoms with Crippen LogP contribution in [0.5, 0.6) is 0 Å². The minimum atomic E-state index is 0.772. The molecule has 0 aromatic carbocycles. The van der Waals surface area contributed by atoms with E-state index in [4.69, 9.17) is 11.6 Å². The molecule has 0 aliphatic carbocycles. The molecule has 2 nitrogen and oxygen atoms in total. The topological polar surface area (TPSA) is 17.8 Å². The van der Waals surface area contributed by atoms with Crippen molar-refractivity contribution in [3.63, 3.8) is 0 Å². The van der Waals surface area contributed by atoms with Gasteiger partial charge in [0.15, 0.2) is 5.65 Å². The largest absolute Gasteiger partial charge is 0.263 e. The predicted molar refractivity (Wildman–Crippen MR) is 71.1 cm³/mol. The standard InChI is InChI=1S/C9H8ClIN2S/c1-2-6-5-7-8(10)3-4-12-9(7)13(6)14-11/h3-5H,2H2,1H3. The molecule has 0 spiro atoms. The number of hydrogen-bond acceptors (Lipinski definition) is 2. The van der Waals surface area contributed by atoms with E-state index in [1.807, 2.05) is 6.07 Å². The summed E-state index contributed by atoms with van der Waals surface area (Å²) in [5, 5.41) is 1.81. The second-order valence-corrected chi connectivity index (χ2v) is 4.97. The monoisotopic (exact) mass is 338 g/mol. The average molecular weight is 339 g/mol. The lowest BCUT2D eigenvalue weighted by atomic mass is 10.3. The fourth-order valence-electron chi connectivity index (χ4n) is 1.42. The second kappa shape index (κ2) is 4.28. The minimum Gasteiger partial charge on any atom is -0.263 e. The summed E-state index contributed by atoms with van der Waals surface area (Å²) in [6.07, 6.45) is 2.73. The summed E-state index contributed by atoms with van der Waals surface area (Å²) in [5.41, 5.74) is 2.20. The first kappa shape index (κ1) is 10.6. The molecule has 2 rings (SSSR count). The Hall–Kier alpha value is 0.0600. The quantitative estimate of drug-likeness (QED) is 0.767. The van der Waals surface area contributed by atoms with Crippen molar-refractivity contribution in [2.75, 3.05) is 0 Å². The van der Waals surface area contributed by atoms with E-state index < -0.39 is 0 Å². The molecule has 0 N–H and O–H groups in total. The molecule has 0 aliphatic rings. The number of pyridine rings is 1. The Bertz CT molecular complexity index is 469. The zero-order chi connectivity index (χ0) is 10.1. The fraction of sp³-hybridized carbons (Fsp3) is 0.222. The first-order valence-corrected chi connectivity index (χ1v) is 7.91. The fourth-order valence-corrected chi connectivity index (χ4v) is 3.41. The maximum absolute atomic E-state index is 6.09. The Balaban J connectivity index is 2.79. The molecule has 0 bridgehead atoms. The number of halogens is 2. The van der Waals surface area contributed by atoms with Crippen LogP contribution in [-0.4, -0.2) is 8.96 Å². The molecule has 0 unspecified atom stereocenters. The Labute approximate surface area is 104 Å². The molecule has 0 saturated carbocycles. The first-order chi connectivity index (χ1) is 6.77. The van der Waals surface area contributed by atoms with E-state index in [2.05, 4.69) is 43.2 Å². The summed E-state index contributed by atoms with van der Waals surface area (Å²) in [4.78, 5) is 4.33. The van der Waals surface area contributed by atoms with Gasteiger partial charge in [-0.1, -0.05) is 18.5 Å². The number of rotatable bonds is 2.